The lowest BCUT2D eigenvalue weighted by Crippen LogP contribution is -2.48. The van der Waals surface area contributed by atoms with Crippen molar-refractivity contribution in [2.24, 2.45) is 0 Å². The number of carbonyl (C=O) groups is 2. The molecular formula is C16H24N2O3S. The third-order valence-corrected chi connectivity index (χ3v) is 5.12. The van der Waals surface area contributed by atoms with Crippen LogP contribution in [0.15, 0.2) is 17.5 Å². The first-order valence-electron chi connectivity index (χ1n) is 7.79. The fraction of sp³-hybridized carbons (Fsp3) is 0.625. The van der Waals surface area contributed by atoms with Gasteiger partial charge in [-0.15, -0.1) is 11.3 Å². The summed E-state index contributed by atoms with van der Waals surface area (Å²) in [5.41, 5.74) is -1.08. The van der Waals surface area contributed by atoms with Crippen LogP contribution >= 0.6 is 11.3 Å². The Labute approximate surface area is 135 Å². The highest BCUT2D eigenvalue weighted by molar-refractivity contribution is 7.10. The third kappa shape index (κ3) is 3.87. The van der Waals surface area contributed by atoms with Crippen LogP contribution in [0.1, 0.15) is 44.4 Å². The van der Waals surface area contributed by atoms with Gasteiger partial charge in [-0.2, -0.15) is 0 Å². The summed E-state index contributed by atoms with van der Waals surface area (Å²) in [6, 6.07) is 3.33. The molecule has 0 radical (unpaired) electrons. The summed E-state index contributed by atoms with van der Waals surface area (Å²) in [4.78, 5) is 26.9. The fourth-order valence-electron chi connectivity index (χ4n) is 2.74. The van der Waals surface area contributed by atoms with Gasteiger partial charge < -0.3 is 15.3 Å². The molecule has 1 saturated heterocycles. The Hall–Kier alpha value is -1.40. The zero-order chi connectivity index (χ0) is 16.2. The molecule has 0 saturated carbocycles. The van der Waals surface area contributed by atoms with Crippen LogP contribution in [-0.2, 0) is 15.2 Å². The van der Waals surface area contributed by atoms with E-state index >= 15 is 0 Å². The van der Waals surface area contributed by atoms with Gasteiger partial charge in [0.2, 0.25) is 11.8 Å². The SMILES string of the molecule is CCCC(=O)N1CCC[C@@H]1C(=O)NC[C@](C)(O)c1cccs1. The number of nitrogens with zero attached hydrogens (tertiary/aromatic N) is 1. The van der Waals surface area contributed by atoms with Gasteiger partial charge in [0.15, 0.2) is 0 Å². The predicted molar refractivity (Wildman–Crippen MR) is 86.5 cm³/mol. The van der Waals surface area contributed by atoms with E-state index in [9.17, 15) is 14.7 Å². The molecule has 22 heavy (non-hydrogen) atoms. The number of nitrogens with one attached hydrogen (secondary N) is 1. The summed E-state index contributed by atoms with van der Waals surface area (Å²) in [6.07, 6.45) is 2.82. The van der Waals surface area contributed by atoms with E-state index in [4.69, 9.17) is 0 Å². The lowest BCUT2D eigenvalue weighted by Gasteiger charge is -2.27. The summed E-state index contributed by atoms with van der Waals surface area (Å²) in [6.45, 7) is 4.45. The number of hydrogen-bond donors (Lipinski definition) is 2. The lowest BCUT2D eigenvalue weighted by molar-refractivity contribution is -0.138. The Morgan fingerprint density at radius 1 is 1.55 bits per heavy atom. The van der Waals surface area contributed by atoms with Gasteiger partial charge in [-0.3, -0.25) is 9.59 Å². The quantitative estimate of drug-likeness (QED) is 0.839. The molecular weight excluding hydrogens is 300 g/mol. The van der Waals surface area contributed by atoms with Crippen molar-refractivity contribution in [1.29, 1.82) is 0 Å². The molecule has 2 atom stereocenters. The largest absolute Gasteiger partial charge is 0.383 e. The molecule has 0 aromatic carbocycles. The van der Waals surface area contributed by atoms with Crippen molar-refractivity contribution in [3.8, 4) is 0 Å². The normalized spacial score (nSPS) is 20.7. The average Bonchev–Trinajstić information content (AvgIpc) is 3.15. The van der Waals surface area contributed by atoms with Crippen molar-refractivity contribution in [1.82, 2.24) is 10.2 Å². The molecule has 2 heterocycles. The van der Waals surface area contributed by atoms with E-state index in [0.717, 1.165) is 17.7 Å². The van der Waals surface area contributed by atoms with Gasteiger partial charge in [0.25, 0.3) is 0 Å². The van der Waals surface area contributed by atoms with E-state index in [1.807, 2.05) is 24.4 Å². The van der Waals surface area contributed by atoms with E-state index in [2.05, 4.69) is 5.32 Å². The highest BCUT2D eigenvalue weighted by Crippen LogP contribution is 2.25. The number of carbonyl (C=O) groups excluding carboxylic acids is 2. The maximum absolute atomic E-state index is 12.4. The molecule has 0 aliphatic carbocycles. The van der Waals surface area contributed by atoms with Gasteiger partial charge in [0.1, 0.15) is 11.6 Å². The topological polar surface area (TPSA) is 69.6 Å². The lowest BCUT2D eigenvalue weighted by atomic mass is 10.0. The molecule has 1 aromatic heterocycles. The molecule has 6 heteroatoms. The van der Waals surface area contributed by atoms with Crippen molar-refractivity contribution >= 4 is 23.2 Å². The van der Waals surface area contributed by atoms with Crippen LogP contribution in [0, 0.1) is 0 Å². The second-order valence-corrected chi connectivity index (χ2v) is 6.91. The Kier molecular flexibility index (Phi) is 5.58. The summed E-state index contributed by atoms with van der Waals surface area (Å²) in [5, 5.41) is 15.1. The minimum atomic E-state index is -1.08. The van der Waals surface area contributed by atoms with E-state index in [1.165, 1.54) is 11.3 Å². The zero-order valence-electron chi connectivity index (χ0n) is 13.2. The molecule has 2 rings (SSSR count). The second-order valence-electron chi connectivity index (χ2n) is 5.96. The highest BCUT2D eigenvalue weighted by Gasteiger charge is 2.34. The third-order valence-electron chi connectivity index (χ3n) is 4.00. The minimum absolute atomic E-state index is 0.0465. The number of thiophene rings is 1. The summed E-state index contributed by atoms with van der Waals surface area (Å²) >= 11 is 1.46. The zero-order valence-corrected chi connectivity index (χ0v) is 14.0. The number of likely N-dealkylation sites (tertiary alicyclic amines) is 1. The Balaban J connectivity index is 1.93. The van der Waals surface area contributed by atoms with E-state index in [1.54, 1.807) is 11.8 Å². The first-order valence-corrected chi connectivity index (χ1v) is 8.67. The Morgan fingerprint density at radius 2 is 2.32 bits per heavy atom. The average molecular weight is 324 g/mol. The molecule has 5 nitrogen and oxygen atoms in total. The summed E-state index contributed by atoms with van der Waals surface area (Å²) < 4.78 is 0. The summed E-state index contributed by atoms with van der Waals surface area (Å²) in [7, 11) is 0. The monoisotopic (exact) mass is 324 g/mol. The Morgan fingerprint density at radius 3 is 2.95 bits per heavy atom. The maximum Gasteiger partial charge on any atom is 0.242 e. The van der Waals surface area contributed by atoms with Crippen molar-refractivity contribution in [2.75, 3.05) is 13.1 Å². The van der Waals surface area contributed by atoms with Crippen LogP contribution in [0.2, 0.25) is 0 Å². The number of aliphatic hydroxyl groups is 1. The van der Waals surface area contributed by atoms with Gasteiger partial charge in [-0.05, 0) is 37.6 Å². The molecule has 0 bridgehead atoms. The highest BCUT2D eigenvalue weighted by atomic mass is 32.1. The molecule has 0 unspecified atom stereocenters. The fourth-order valence-corrected chi connectivity index (χ4v) is 3.53. The smallest absolute Gasteiger partial charge is 0.242 e. The first kappa shape index (κ1) is 17.0. The molecule has 0 spiro atoms. The van der Waals surface area contributed by atoms with Crippen LogP contribution in [0.4, 0.5) is 0 Å². The van der Waals surface area contributed by atoms with E-state index in [0.29, 0.717) is 19.4 Å². The number of amides is 2. The van der Waals surface area contributed by atoms with E-state index in [-0.39, 0.29) is 18.4 Å². The van der Waals surface area contributed by atoms with E-state index < -0.39 is 11.6 Å². The van der Waals surface area contributed by atoms with Gasteiger partial charge in [0, 0.05) is 17.8 Å². The molecule has 2 amide bonds. The molecule has 1 aromatic rings. The molecule has 1 aliphatic heterocycles. The van der Waals surface area contributed by atoms with Crippen LogP contribution in [0.25, 0.3) is 0 Å². The number of rotatable bonds is 6. The van der Waals surface area contributed by atoms with Gasteiger partial charge in [0.05, 0.1) is 6.54 Å². The van der Waals surface area contributed by atoms with Crippen LogP contribution in [0.3, 0.4) is 0 Å². The summed E-state index contributed by atoms with van der Waals surface area (Å²) in [5.74, 6) is -0.121. The van der Waals surface area contributed by atoms with Crippen molar-refractivity contribution < 1.29 is 14.7 Å². The van der Waals surface area contributed by atoms with Gasteiger partial charge >= 0.3 is 0 Å². The van der Waals surface area contributed by atoms with Crippen LogP contribution < -0.4 is 5.32 Å². The molecule has 1 aliphatic rings. The van der Waals surface area contributed by atoms with Crippen molar-refractivity contribution in [3.63, 3.8) is 0 Å². The van der Waals surface area contributed by atoms with Crippen LogP contribution in [-0.4, -0.2) is 41.0 Å². The molecule has 2 N–H and O–H groups in total. The second kappa shape index (κ2) is 7.24. The molecule has 122 valence electrons. The Bertz CT molecular complexity index is 513. The standard InChI is InChI=1S/C16H24N2O3S/c1-3-6-14(19)18-9-4-7-12(18)15(20)17-11-16(2,21)13-8-5-10-22-13/h5,8,10,12,21H,3-4,6-7,9,11H2,1-2H3,(H,17,20)/t12-,16+/m1/s1. The minimum Gasteiger partial charge on any atom is -0.383 e. The van der Waals surface area contributed by atoms with Crippen LogP contribution in [0.5, 0.6) is 0 Å². The van der Waals surface area contributed by atoms with Gasteiger partial charge in [-0.25, -0.2) is 0 Å². The first-order chi connectivity index (χ1) is 10.5. The number of hydrogen-bond acceptors (Lipinski definition) is 4. The maximum atomic E-state index is 12.4. The van der Waals surface area contributed by atoms with Gasteiger partial charge in [-0.1, -0.05) is 13.0 Å². The van der Waals surface area contributed by atoms with Crippen molar-refractivity contribution in [3.05, 3.63) is 22.4 Å². The molecule has 1 fully saturated rings. The van der Waals surface area contributed by atoms with Crippen molar-refractivity contribution in [2.45, 2.75) is 51.2 Å². The predicted octanol–water partition coefficient (Wildman–Crippen LogP) is 1.86.